The quantitative estimate of drug-likeness (QED) is 0.362. The summed E-state index contributed by atoms with van der Waals surface area (Å²) in [5, 5.41) is 5.86. The van der Waals surface area contributed by atoms with Crippen LogP contribution in [0.5, 0.6) is 0 Å². The number of carbonyl (C=O) groups excluding carboxylic acids is 1. The van der Waals surface area contributed by atoms with Gasteiger partial charge in [0.25, 0.3) is 0 Å². The predicted molar refractivity (Wildman–Crippen MR) is 153 cm³/mol. The number of thiophene rings is 1. The van der Waals surface area contributed by atoms with Gasteiger partial charge in [0.15, 0.2) is 5.65 Å². The third-order valence-corrected chi connectivity index (χ3v) is 11.0. The number of amides is 1. The number of piperidine rings is 1. The van der Waals surface area contributed by atoms with Crippen molar-refractivity contribution in [2.45, 2.75) is 72.3 Å². The number of fused-ring (bicyclic) bond motifs is 4. The molecule has 1 amide bonds. The van der Waals surface area contributed by atoms with Crippen LogP contribution in [0.3, 0.4) is 0 Å². The maximum absolute atomic E-state index is 12.7. The normalized spacial score (nSPS) is 24.0. The zero-order chi connectivity index (χ0) is 26.5. The standard InChI is InChI=1S/C30H38N6OS/c1-15(2)25-26-19(6)28(22-8-21-7-20(22)11-34(21)13-24(37)35-9-16(3)10-35)38-30(26)33-27(25)23-12-36-29(31-14-32-36)18(5)17(23)4/h12,14-16,20-22,33H,7-11,13H2,1-6H3/t20-,21?,22+/m0/s1. The van der Waals surface area contributed by atoms with Gasteiger partial charge in [-0.1, -0.05) is 20.8 Å². The molecule has 38 heavy (non-hydrogen) atoms. The first-order valence-electron chi connectivity index (χ1n) is 14.2. The monoisotopic (exact) mass is 530 g/mol. The van der Waals surface area contributed by atoms with Crippen molar-refractivity contribution in [1.29, 1.82) is 0 Å². The zero-order valence-corrected chi connectivity index (χ0v) is 24.2. The average Bonchev–Trinajstić information content (AvgIpc) is 3.66. The number of hydrogen-bond acceptors (Lipinski definition) is 5. The van der Waals surface area contributed by atoms with Gasteiger partial charge in [0.2, 0.25) is 5.91 Å². The first-order chi connectivity index (χ1) is 18.2. The molecule has 2 aliphatic heterocycles. The molecule has 1 unspecified atom stereocenters. The first kappa shape index (κ1) is 24.3. The number of carbonyl (C=O) groups is 1. The summed E-state index contributed by atoms with van der Waals surface area (Å²) in [7, 11) is 0. The van der Waals surface area contributed by atoms with E-state index in [0.29, 0.717) is 42.2 Å². The molecule has 200 valence electrons. The SMILES string of the molecule is Cc1c(-c2[nH]c3sc([C@@H]4CC5C[C@H]4CN5CC(=O)N4CC(C)C4)c(C)c3c2C(C)C)cn2ncnc2c1C. The van der Waals surface area contributed by atoms with Crippen LogP contribution in [0.2, 0.25) is 0 Å². The molecule has 3 atom stereocenters. The Labute approximate surface area is 228 Å². The summed E-state index contributed by atoms with van der Waals surface area (Å²) in [5.41, 5.74) is 8.68. The van der Waals surface area contributed by atoms with Gasteiger partial charge in [0.1, 0.15) is 11.2 Å². The van der Waals surface area contributed by atoms with Crippen molar-refractivity contribution in [2.24, 2.45) is 11.8 Å². The van der Waals surface area contributed by atoms with E-state index in [0.717, 1.165) is 25.3 Å². The lowest BCUT2D eigenvalue weighted by atomic mass is 9.88. The molecule has 3 aliphatic rings. The smallest absolute Gasteiger partial charge is 0.236 e. The van der Waals surface area contributed by atoms with Gasteiger partial charge in [0.05, 0.1) is 12.2 Å². The molecule has 6 heterocycles. The number of likely N-dealkylation sites (tertiary alicyclic amines) is 2. The lowest BCUT2D eigenvalue weighted by molar-refractivity contribution is -0.138. The Kier molecular flexibility index (Phi) is 5.54. The number of aromatic amines is 1. The minimum absolute atomic E-state index is 0.330. The Morgan fingerprint density at radius 3 is 2.61 bits per heavy atom. The van der Waals surface area contributed by atoms with Crippen molar-refractivity contribution in [3.8, 4) is 11.3 Å². The number of H-pyrrole nitrogens is 1. The van der Waals surface area contributed by atoms with E-state index < -0.39 is 0 Å². The predicted octanol–water partition coefficient (Wildman–Crippen LogP) is 5.64. The summed E-state index contributed by atoms with van der Waals surface area (Å²) in [6.07, 6.45) is 6.19. The third kappa shape index (κ3) is 3.52. The molecule has 7 rings (SSSR count). The largest absolute Gasteiger partial charge is 0.346 e. The van der Waals surface area contributed by atoms with Crippen molar-refractivity contribution >= 4 is 33.1 Å². The van der Waals surface area contributed by atoms with E-state index in [1.54, 1.807) is 11.2 Å². The maximum Gasteiger partial charge on any atom is 0.236 e. The molecule has 1 aliphatic carbocycles. The van der Waals surface area contributed by atoms with E-state index in [-0.39, 0.29) is 0 Å². The molecule has 0 spiro atoms. The minimum Gasteiger partial charge on any atom is -0.346 e. The van der Waals surface area contributed by atoms with Crippen LogP contribution in [-0.2, 0) is 4.79 Å². The van der Waals surface area contributed by atoms with E-state index in [1.807, 2.05) is 20.8 Å². The van der Waals surface area contributed by atoms with E-state index in [9.17, 15) is 4.79 Å². The van der Waals surface area contributed by atoms with Crippen LogP contribution in [0.15, 0.2) is 12.5 Å². The Bertz CT molecular complexity index is 1570. The van der Waals surface area contributed by atoms with Crippen LogP contribution in [0.25, 0.3) is 27.1 Å². The van der Waals surface area contributed by atoms with Crippen LogP contribution in [0.1, 0.15) is 72.6 Å². The molecule has 4 aromatic rings. The molecule has 0 radical (unpaired) electrons. The summed E-state index contributed by atoms with van der Waals surface area (Å²) in [5.74, 6) is 2.67. The summed E-state index contributed by atoms with van der Waals surface area (Å²) in [6.45, 7) is 17.1. The Morgan fingerprint density at radius 1 is 1.13 bits per heavy atom. The highest BCUT2D eigenvalue weighted by Crippen LogP contribution is 2.53. The highest BCUT2D eigenvalue weighted by atomic mass is 32.1. The molecular weight excluding hydrogens is 492 g/mol. The summed E-state index contributed by atoms with van der Waals surface area (Å²) in [6, 6.07) is 0.549. The van der Waals surface area contributed by atoms with Crippen molar-refractivity contribution < 1.29 is 4.79 Å². The topological polar surface area (TPSA) is 69.5 Å². The average molecular weight is 531 g/mol. The van der Waals surface area contributed by atoms with Gasteiger partial charge >= 0.3 is 0 Å². The second-order valence-corrected chi connectivity index (χ2v) is 13.6. The number of pyridine rings is 1. The molecular formula is C30H38N6OS. The molecule has 7 nitrogen and oxygen atoms in total. The van der Waals surface area contributed by atoms with Crippen LogP contribution < -0.4 is 0 Å². The van der Waals surface area contributed by atoms with Crippen LogP contribution >= 0.6 is 11.3 Å². The van der Waals surface area contributed by atoms with Crippen molar-refractivity contribution in [3.63, 3.8) is 0 Å². The second-order valence-electron chi connectivity index (χ2n) is 12.5. The fourth-order valence-electron chi connectivity index (χ4n) is 7.58. The van der Waals surface area contributed by atoms with Gasteiger partial charge in [-0.25, -0.2) is 9.50 Å². The van der Waals surface area contributed by atoms with Gasteiger partial charge in [-0.05, 0) is 79.5 Å². The molecule has 4 aromatic heterocycles. The van der Waals surface area contributed by atoms with Crippen LogP contribution in [0.4, 0.5) is 0 Å². The number of nitrogens with zero attached hydrogens (tertiary/aromatic N) is 5. The Hall–Kier alpha value is -2.71. The maximum atomic E-state index is 12.7. The number of nitrogens with one attached hydrogen (secondary N) is 1. The van der Waals surface area contributed by atoms with E-state index >= 15 is 0 Å². The fraction of sp³-hybridized carbons (Fsp3) is 0.567. The highest BCUT2D eigenvalue weighted by molar-refractivity contribution is 7.19. The Balaban J connectivity index is 1.20. The Morgan fingerprint density at radius 2 is 1.92 bits per heavy atom. The van der Waals surface area contributed by atoms with Gasteiger partial charge < -0.3 is 9.88 Å². The van der Waals surface area contributed by atoms with E-state index in [1.165, 1.54) is 56.6 Å². The molecule has 3 fully saturated rings. The summed E-state index contributed by atoms with van der Waals surface area (Å²) < 4.78 is 1.91. The van der Waals surface area contributed by atoms with E-state index in [4.69, 9.17) is 0 Å². The molecule has 1 saturated carbocycles. The van der Waals surface area contributed by atoms with Gasteiger partial charge in [0, 0.05) is 47.7 Å². The molecule has 2 saturated heterocycles. The third-order valence-electron chi connectivity index (χ3n) is 9.68. The summed E-state index contributed by atoms with van der Waals surface area (Å²) in [4.78, 5) is 28.4. The van der Waals surface area contributed by atoms with Crippen molar-refractivity contribution in [2.75, 3.05) is 26.2 Å². The fourth-order valence-corrected chi connectivity index (χ4v) is 9.02. The molecule has 8 heteroatoms. The highest BCUT2D eigenvalue weighted by Gasteiger charge is 2.47. The zero-order valence-electron chi connectivity index (χ0n) is 23.3. The lowest BCUT2D eigenvalue weighted by Gasteiger charge is -2.39. The van der Waals surface area contributed by atoms with Gasteiger partial charge in [-0.15, -0.1) is 11.3 Å². The van der Waals surface area contributed by atoms with Crippen LogP contribution in [-0.4, -0.2) is 67.5 Å². The number of hydrogen-bond donors (Lipinski definition) is 1. The molecule has 0 aromatic carbocycles. The van der Waals surface area contributed by atoms with E-state index in [2.05, 4.69) is 67.7 Å². The number of rotatable bonds is 5. The van der Waals surface area contributed by atoms with Crippen molar-refractivity contribution in [3.05, 3.63) is 39.7 Å². The summed E-state index contributed by atoms with van der Waals surface area (Å²) >= 11 is 1.97. The minimum atomic E-state index is 0.330. The second kappa shape index (κ2) is 8.65. The molecule has 2 bridgehead atoms. The van der Waals surface area contributed by atoms with Gasteiger partial charge in [-0.3, -0.25) is 9.69 Å². The lowest BCUT2D eigenvalue weighted by Crippen LogP contribution is -2.53. The van der Waals surface area contributed by atoms with Crippen molar-refractivity contribution in [1.82, 2.24) is 29.4 Å². The van der Waals surface area contributed by atoms with Gasteiger partial charge in [-0.2, -0.15) is 5.10 Å². The first-order valence-corrected chi connectivity index (χ1v) is 15.0. The van der Waals surface area contributed by atoms with Crippen LogP contribution in [0, 0.1) is 32.6 Å². The molecule has 1 N–H and O–H groups in total. The number of aromatic nitrogens is 4. The number of aryl methyl sites for hydroxylation is 2.